The monoisotopic (exact) mass is 250 g/mol. The van der Waals surface area contributed by atoms with Crippen LogP contribution in [0.1, 0.15) is 10.5 Å². The molecule has 1 amide bonds. The van der Waals surface area contributed by atoms with E-state index in [0.29, 0.717) is 22.7 Å². The van der Waals surface area contributed by atoms with Gasteiger partial charge in [0.05, 0.1) is 22.6 Å². The van der Waals surface area contributed by atoms with Crippen LogP contribution in [0.3, 0.4) is 0 Å². The molecule has 1 aromatic heterocycles. The lowest BCUT2D eigenvalue weighted by Crippen LogP contribution is -2.23. The van der Waals surface area contributed by atoms with Crippen molar-refractivity contribution in [2.24, 2.45) is 0 Å². The van der Waals surface area contributed by atoms with Gasteiger partial charge >= 0.3 is 0 Å². The Morgan fingerprint density at radius 3 is 3.12 bits per heavy atom. The first-order valence-electron chi connectivity index (χ1n) is 5.05. The van der Waals surface area contributed by atoms with E-state index in [1.807, 2.05) is 6.07 Å². The third-order valence-electron chi connectivity index (χ3n) is 2.35. The summed E-state index contributed by atoms with van der Waals surface area (Å²) in [7, 11) is 0. The summed E-state index contributed by atoms with van der Waals surface area (Å²) >= 11 is 0.162. The summed E-state index contributed by atoms with van der Waals surface area (Å²) in [4.78, 5) is 15.1. The van der Waals surface area contributed by atoms with Crippen molar-refractivity contribution in [2.45, 2.75) is 4.90 Å². The van der Waals surface area contributed by atoms with Crippen molar-refractivity contribution in [3.8, 4) is 0 Å². The molecule has 88 valence electrons. The smallest absolute Gasteiger partial charge is 0.267 e. The maximum Gasteiger partial charge on any atom is 0.267 e. The van der Waals surface area contributed by atoms with Gasteiger partial charge in [-0.3, -0.25) is 4.79 Å². The third-order valence-corrected chi connectivity index (χ3v) is 2.86. The van der Waals surface area contributed by atoms with Crippen molar-refractivity contribution in [2.75, 3.05) is 6.54 Å². The van der Waals surface area contributed by atoms with Gasteiger partial charge in [0.25, 0.3) is 5.91 Å². The third kappa shape index (κ3) is 2.34. The van der Waals surface area contributed by atoms with Crippen LogP contribution in [0, 0.1) is 0 Å². The lowest BCUT2D eigenvalue weighted by molar-refractivity contribution is 0.0954. The molecule has 0 saturated carbocycles. The van der Waals surface area contributed by atoms with E-state index in [2.05, 4.69) is 16.9 Å². The van der Waals surface area contributed by atoms with E-state index in [1.54, 1.807) is 24.3 Å². The van der Waals surface area contributed by atoms with Gasteiger partial charge in [-0.25, -0.2) is 0 Å². The van der Waals surface area contributed by atoms with Crippen LogP contribution in [0.5, 0.6) is 0 Å². The van der Waals surface area contributed by atoms with Gasteiger partial charge in [0.15, 0.2) is 0 Å². The van der Waals surface area contributed by atoms with Crippen molar-refractivity contribution in [1.29, 1.82) is 0 Å². The number of carbonyl (C=O) groups excluding carboxylic acids is 1. The summed E-state index contributed by atoms with van der Waals surface area (Å²) in [5.74, 6) is -0.226. The van der Waals surface area contributed by atoms with Crippen LogP contribution < -0.4 is 5.32 Å². The first kappa shape index (κ1) is 11.7. The fourth-order valence-corrected chi connectivity index (χ4v) is 1.95. The Kier molecular flexibility index (Phi) is 3.49. The number of halogens is 1. The van der Waals surface area contributed by atoms with Crippen molar-refractivity contribution in [3.05, 3.63) is 42.6 Å². The lowest BCUT2D eigenvalue weighted by Gasteiger charge is -1.98. The van der Waals surface area contributed by atoms with Crippen LogP contribution in [-0.4, -0.2) is 17.4 Å². The molecule has 2 aromatic rings. The minimum Gasteiger partial charge on any atom is -0.350 e. The van der Waals surface area contributed by atoms with Gasteiger partial charge in [-0.15, -0.1) is 6.58 Å². The molecule has 0 aliphatic heterocycles. The molecule has 0 fully saturated rings. The normalized spacial score (nSPS) is 10.4. The van der Waals surface area contributed by atoms with Crippen molar-refractivity contribution < 1.29 is 8.68 Å². The predicted molar refractivity (Wildman–Crippen MR) is 67.8 cm³/mol. The fourth-order valence-electron chi connectivity index (χ4n) is 1.58. The molecule has 5 heteroatoms. The SMILES string of the molecule is C=CCNC(=O)c1cc2cccc(SF)c2[nH]1. The number of hydrogen-bond donors (Lipinski definition) is 2. The van der Waals surface area contributed by atoms with Gasteiger partial charge in [-0.2, -0.15) is 3.89 Å². The summed E-state index contributed by atoms with van der Waals surface area (Å²) in [6.45, 7) is 3.92. The Morgan fingerprint density at radius 1 is 1.59 bits per heavy atom. The van der Waals surface area contributed by atoms with E-state index in [0.717, 1.165) is 5.39 Å². The van der Waals surface area contributed by atoms with E-state index >= 15 is 0 Å². The standard InChI is InChI=1S/C12H11FN2OS/c1-2-6-14-12(16)9-7-8-4-3-5-10(17-13)11(8)15-9/h2-5,7,15H,1,6H2,(H,14,16). The summed E-state index contributed by atoms with van der Waals surface area (Å²) in [5, 5.41) is 3.47. The van der Waals surface area contributed by atoms with Crippen LogP contribution in [-0.2, 0) is 0 Å². The van der Waals surface area contributed by atoms with Crippen LogP contribution in [0.15, 0.2) is 41.8 Å². The van der Waals surface area contributed by atoms with Crippen molar-refractivity contribution >= 4 is 29.0 Å². The van der Waals surface area contributed by atoms with E-state index in [1.165, 1.54) is 0 Å². The van der Waals surface area contributed by atoms with Crippen LogP contribution >= 0.6 is 12.1 Å². The molecule has 17 heavy (non-hydrogen) atoms. The van der Waals surface area contributed by atoms with E-state index in [9.17, 15) is 8.68 Å². The minimum atomic E-state index is -0.226. The molecular weight excluding hydrogens is 239 g/mol. The summed E-state index contributed by atoms with van der Waals surface area (Å²) < 4.78 is 12.7. The first-order chi connectivity index (χ1) is 8.26. The number of aromatic nitrogens is 1. The number of carbonyl (C=O) groups is 1. The quantitative estimate of drug-likeness (QED) is 0.819. The van der Waals surface area contributed by atoms with Crippen molar-refractivity contribution in [1.82, 2.24) is 10.3 Å². The number of H-pyrrole nitrogens is 1. The average Bonchev–Trinajstić information content (AvgIpc) is 2.79. The predicted octanol–water partition coefficient (Wildman–Crippen LogP) is 3.06. The van der Waals surface area contributed by atoms with E-state index in [-0.39, 0.29) is 18.1 Å². The van der Waals surface area contributed by atoms with Gasteiger partial charge < -0.3 is 10.3 Å². The average molecular weight is 250 g/mol. The fraction of sp³-hybridized carbons (Fsp3) is 0.0833. The second-order valence-electron chi connectivity index (χ2n) is 3.48. The molecule has 1 aromatic carbocycles. The Labute approximate surface area is 102 Å². The Balaban J connectivity index is 2.37. The highest BCUT2D eigenvalue weighted by atomic mass is 32.2. The molecule has 0 bridgehead atoms. The van der Waals surface area contributed by atoms with Gasteiger partial charge in [0.1, 0.15) is 5.69 Å². The highest BCUT2D eigenvalue weighted by molar-refractivity contribution is 7.94. The van der Waals surface area contributed by atoms with Crippen LogP contribution in [0.2, 0.25) is 0 Å². The van der Waals surface area contributed by atoms with Crippen LogP contribution in [0.25, 0.3) is 10.9 Å². The number of hydrogen-bond acceptors (Lipinski definition) is 2. The molecule has 0 atom stereocenters. The molecule has 3 nitrogen and oxygen atoms in total. The van der Waals surface area contributed by atoms with E-state index in [4.69, 9.17) is 0 Å². The minimum absolute atomic E-state index is 0.162. The summed E-state index contributed by atoms with van der Waals surface area (Å²) in [5.41, 5.74) is 1.06. The van der Waals surface area contributed by atoms with Crippen LogP contribution in [0.4, 0.5) is 3.89 Å². The first-order valence-corrected chi connectivity index (χ1v) is 5.77. The Morgan fingerprint density at radius 2 is 2.41 bits per heavy atom. The molecule has 0 radical (unpaired) electrons. The second kappa shape index (κ2) is 5.05. The zero-order chi connectivity index (χ0) is 12.3. The summed E-state index contributed by atoms with van der Waals surface area (Å²) in [6.07, 6.45) is 1.60. The molecule has 1 heterocycles. The molecule has 2 rings (SSSR count). The molecule has 0 saturated heterocycles. The molecular formula is C12H11FN2OS. The number of aromatic amines is 1. The van der Waals surface area contributed by atoms with Gasteiger partial charge in [0, 0.05) is 11.9 Å². The summed E-state index contributed by atoms with van der Waals surface area (Å²) in [6, 6.07) is 6.95. The number of amides is 1. The number of nitrogens with one attached hydrogen (secondary N) is 2. The second-order valence-corrected chi connectivity index (χ2v) is 4.07. The Bertz CT molecular complexity index is 565. The molecule has 0 aliphatic carbocycles. The maximum atomic E-state index is 12.7. The highest BCUT2D eigenvalue weighted by Crippen LogP contribution is 2.28. The number of para-hydroxylation sites is 1. The van der Waals surface area contributed by atoms with E-state index < -0.39 is 0 Å². The zero-order valence-corrected chi connectivity index (χ0v) is 9.81. The molecule has 0 aliphatic rings. The zero-order valence-electron chi connectivity index (χ0n) is 9.00. The number of benzene rings is 1. The largest absolute Gasteiger partial charge is 0.350 e. The number of fused-ring (bicyclic) bond motifs is 1. The number of rotatable bonds is 4. The molecule has 0 spiro atoms. The highest BCUT2D eigenvalue weighted by Gasteiger charge is 2.10. The van der Waals surface area contributed by atoms with Crippen molar-refractivity contribution in [3.63, 3.8) is 0 Å². The van der Waals surface area contributed by atoms with Gasteiger partial charge in [-0.05, 0) is 12.1 Å². The Hall–Kier alpha value is -1.75. The van der Waals surface area contributed by atoms with Gasteiger partial charge in [-0.1, -0.05) is 18.2 Å². The molecule has 0 unspecified atom stereocenters. The van der Waals surface area contributed by atoms with Gasteiger partial charge in [0.2, 0.25) is 0 Å². The maximum absolute atomic E-state index is 12.7. The molecule has 2 N–H and O–H groups in total. The topological polar surface area (TPSA) is 44.9 Å². The lowest BCUT2D eigenvalue weighted by atomic mass is 10.2.